The van der Waals surface area contributed by atoms with Gasteiger partial charge in [-0.05, 0) is 44.9 Å². The van der Waals surface area contributed by atoms with Gasteiger partial charge >= 0.3 is 12.0 Å². The van der Waals surface area contributed by atoms with Crippen molar-refractivity contribution in [3.63, 3.8) is 0 Å². The van der Waals surface area contributed by atoms with Crippen LogP contribution in [-0.4, -0.2) is 28.7 Å². The fourth-order valence-electron chi connectivity index (χ4n) is 2.06. The molecular formula is C13H24N2O3. The van der Waals surface area contributed by atoms with Gasteiger partial charge in [-0.1, -0.05) is 13.8 Å². The Balaban J connectivity index is 2.34. The molecule has 0 heterocycles. The number of amides is 2. The van der Waals surface area contributed by atoms with Crippen molar-refractivity contribution in [2.45, 2.75) is 64.5 Å². The predicted molar refractivity (Wildman–Crippen MR) is 69.4 cm³/mol. The molecule has 0 aromatic rings. The molecule has 1 fully saturated rings. The van der Waals surface area contributed by atoms with E-state index in [2.05, 4.69) is 24.5 Å². The average molecular weight is 256 g/mol. The first kappa shape index (κ1) is 14.8. The molecule has 18 heavy (non-hydrogen) atoms. The van der Waals surface area contributed by atoms with Crippen LogP contribution in [0.25, 0.3) is 0 Å². The molecule has 1 saturated carbocycles. The van der Waals surface area contributed by atoms with Crippen molar-refractivity contribution >= 4 is 12.0 Å². The first-order chi connectivity index (χ1) is 8.35. The molecule has 0 bridgehead atoms. The van der Waals surface area contributed by atoms with Crippen molar-refractivity contribution < 1.29 is 14.7 Å². The second-order valence-electron chi connectivity index (χ2n) is 5.71. The Morgan fingerprint density at radius 2 is 1.83 bits per heavy atom. The van der Waals surface area contributed by atoms with Gasteiger partial charge in [-0.15, -0.1) is 0 Å². The summed E-state index contributed by atoms with van der Waals surface area (Å²) in [4.78, 5) is 22.8. The number of carbonyl (C=O) groups is 2. The maximum Gasteiger partial charge on any atom is 0.329 e. The Bertz CT molecular complexity index is 311. The maximum absolute atomic E-state index is 11.7. The molecule has 1 rings (SSSR count). The second-order valence-corrected chi connectivity index (χ2v) is 5.71. The summed E-state index contributed by atoms with van der Waals surface area (Å²) in [7, 11) is 0. The molecule has 1 unspecified atom stereocenters. The van der Waals surface area contributed by atoms with E-state index in [-0.39, 0.29) is 12.1 Å². The number of nitrogens with one attached hydrogen (secondary N) is 2. The van der Waals surface area contributed by atoms with Crippen molar-refractivity contribution in [2.24, 2.45) is 5.92 Å². The second kappa shape index (κ2) is 6.07. The van der Waals surface area contributed by atoms with E-state index in [1.54, 1.807) is 0 Å². The minimum Gasteiger partial charge on any atom is -0.480 e. The SMILES string of the molecule is CC(C)CCC(C)NC(=O)NC1(C(=O)O)CCC1. The average Bonchev–Trinajstić information content (AvgIpc) is 2.20. The zero-order valence-corrected chi connectivity index (χ0v) is 11.5. The molecular weight excluding hydrogens is 232 g/mol. The lowest BCUT2D eigenvalue weighted by Crippen LogP contribution is -2.61. The Kier molecular flexibility index (Phi) is 4.99. The normalized spacial score (nSPS) is 18.9. The van der Waals surface area contributed by atoms with E-state index in [1.165, 1.54) is 0 Å². The van der Waals surface area contributed by atoms with Crippen molar-refractivity contribution in [1.82, 2.24) is 10.6 Å². The van der Waals surface area contributed by atoms with Gasteiger partial charge in [0.2, 0.25) is 0 Å². The van der Waals surface area contributed by atoms with E-state index in [0.29, 0.717) is 18.8 Å². The van der Waals surface area contributed by atoms with Crippen molar-refractivity contribution in [1.29, 1.82) is 0 Å². The molecule has 0 saturated heterocycles. The molecule has 0 aliphatic heterocycles. The highest BCUT2D eigenvalue weighted by molar-refractivity contribution is 5.87. The highest BCUT2D eigenvalue weighted by Crippen LogP contribution is 2.31. The third-order valence-electron chi connectivity index (χ3n) is 3.52. The van der Waals surface area contributed by atoms with E-state index in [4.69, 9.17) is 5.11 Å². The van der Waals surface area contributed by atoms with Crippen LogP contribution in [0.5, 0.6) is 0 Å². The molecule has 3 N–H and O–H groups in total. The summed E-state index contributed by atoms with van der Waals surface area (Å²) in [5.74, 6) is -0.326. The lowest BCUT2D eigenvalue weighted by molar-refractivity contribution is -0.148. The number of rotatable bonds is 6. The molecule has 1 aliphatic carbocycles. The molecule has 5 nitrogen and oxygen atoms in total. The smallest absolute Gasteiger partial charge is 0.329 e. The van der Waals surface area contributed by atoms with Crippen LogP contribution in [0.1, 0.15) is 52.9 Å². The Labute approximate surface area is 108 Å². The van der Waals surface area contributed by atoms with E-state index < -0.39 is 11.5 Å². The van der Waals surface area contributed by atoms with Gasteiger partial charge in [0.15, 0.2) is 0 Å². The first-order valence-corrected chi connectivity index (χ1v) is 6.68. The zero-order valence-electron chi connectivity index (χ0n) is 11.5. The molecule has 1 atom stereocenters. The summed E-state index contributed by atoms with van der Waals surface area (Å²) in [5, 5.41) is 14.5. The standard InChI is InChI=1S/C13H24N2O3/c1-9(2)5-6-10(3)14-12(18)15-13(11(16)17)7-4-8-13/h9-10H,4-8H2,1-3H3,(H,16,17)(H2,14,15,18). The zero-order chi connectivity index (χ0) is 13.8. The van der Waals surface area contributed by atoms with Crippen LogP contribution >= 0.6 is 0 Å². The minimum absolute atomic E-state index is 0.0679. The van der Waals surface area contributed by atoms with Crippen LogP contribution < -0.4 is 10.6 Å². The third-order valence-corrected chi connectivity index (χ3v) is 3.52. The number of hydrogen-bond acceptors (Lipinski definition) is 2. The number of urea groups is 1. The highest BCUT2D eigenvalue weighted by Gasteiger charge is 2.45. The van der Waals surface area contributed by atoms with Gasteiger partial charge in [-0.25, -0.2) is 9.59 Å². The lowest BCUT2D eigenvalue weighted by Gasteiger charge is -2.38. The van der Waals surface area contributed by atoms with Crippen LogP contribution in [0.3, 0.4) is 0 Å². The van der Waals surface area contributed by atoms with E-state index in [1.807, 2.05) is 6.92 Å². The molecule has 2 amide bonds. The molecule has 0 radical (unpaired) electrons. The van der Waals surface area contributed by atoms with Crippen LogP contribution in [-0.2, 0) is 4.79 Å². The summed E-state index contributed by atoms with van der Waals surface area (Å²) in [6.45, 7) is 6.22. The Morgan fingerprint density at radius 3 is 2.22 bits per heavy atom. The van der Waals surface area contributed by atoms with Gasteiger partial charge in [0.1, 0.15) is 5.54 Å². The Morgan fingerprint density at radius 1 is 1.22 bits per heavy atom. The molecule has 0 aromatic carbocycles. The fraction of sp³-hybridized carbons (Fsp3) is 0.846. The largest absolute Gasteiger partial charge is 0.480 e. The van der Waals surface area contributed by atoms with Crippen molar-refractivity contribution in [3.05, 3.63) is 0 Å². The molecule has 104 valence electrons. The van der Waals surface area contributed by atoms with E-state index >= 15 is 0 Å². The number of carbonyl (C=O) groups excluding carboxylic acids is 1. The van der Waals surface area contributed by atoms with Crippen LogP contribution in [0.4, 0.5) is 4.79 Å². The summed E-state index contributed by atoms with van der Waals surface area (Å²) < 4.78 is 0. The maximum atomic E-state index is 11.7. The van der Waals surface area contributed by atoms with Crippen LogP contribution in [0.15, 0.2) is 0 Å². The summed E-state index contributed by atoms with van der Waals surface area (Å²) in [6.07, 6.45) is 3.86. The summed E-state index contributed by atoms with van der Waals surface area (Å²) in [5.41, 5.74) is -1.03. The quantitative estimate of drug-likeness (QED) is 0.681. The number of carboxylic acids is 1. The fourth-order valence-corrected chi connectivity index (χ4v) is 2.06. The molecule has 1 aliphatic rings. The predicted octanol–water partition coefficient (Wildman–Crippen LogP) is 2.12. The molecule has 5 heteroatoms. The van der Waals surface area contributed by atoms with Crippen LogP contribution in [0, 0.1) is 5.92 Å². The van der Waals surface area contributed by atoms with Crippen LogP contribution in [0.2, 0.25) is 0 Å². The van der Waals surface area contributed by atoms with Gasteiger partial charge in [0.05, 0.1) is 0 Å². The van der Waals surface area contributed by atoms with Crippen molar-refractivity contribution in [3.8, 4) is 0 Å². The Hall–Kier alpha value is -1.26. The topological polar surface area (TPSA) is 78.4 Å². The summed E-state index contributed by atoms with van der Waals surface area (Å²) >= 11 is 0. The minimum atomic E-state index is -1.03. The van der Waals surface area contributed by atoms with E-state index in [0.717, 1.165) is 19.3 Å². The molecule has 0 spiro atoms. The van der Waals surface area contributed by atoms with Gasteiger partial charge in [-0.2, -0.15) is 0 Å². The van der Waals surface area contributed by atoms with Gasteiger partial charge in [-0.3, -0.25) is 0 Å². The van der Waals surface area contributed by atoms with Crippen molar-refractivity contribution in [2.75, 3.05) is 0 Å². The van der Waals surface area contributed by atoms with Gasteiger partial charge < -0.3 is 15.7 Å². The number of aliphatic carboxylic acids is 1. The third kappa shape index (κ3) is 3.89. The van der Waals surface area contributed by atoms with Gasteiger partial charge in [0, 0.05) is 6.04 Å². The number of carboxylic acid groups (broad SMARTS) is 1. The lowest BCUT2D eigenvalue weighted by atomic mass is 9.77. The first-order valence-electron chi connectivity index (χ1n) is 6.68. The summed E-state index contributed by atoms with van der Waals surface area (Å²) in [6, 6.07) is -0.299. The van der Waals surface area contributed by atoms with Gasteiger partial charge in [0.25, 0.3) is 0 Å². The van der Waals surface area contributed by atoms with E-state index in [9.17, 15) is 9.59 Å². The highest BCUT2D eigenvalue weighted by atomic mass is 16.4. The monoisotopic (exact) mass is 256 g/mol. The molecule has 0 aromatic heterocycles. The number of hydrogen-bond donors (Lipinski definition) is 3.